The highest BCUT2D eigenvalue weighted by molar-refractivity contribution is 5.99. The summed E-state index contributed by atoms with van der Waals surface area (Å²) >= 11 is 0. The van der Waals surface area contributed by atoms with Crippen LogP contribution in [-0.2, 0) is 0 Å². The van der Waals surface area contributed by atoms with E-state index in [9.17, 15) is 4.79 Å². The molecule has 104 valence electrons. The number of nitrogens with two attached hydrogens (primary N) is 1. The summed E-state index contributed by atoms with van der Waals surface area (Å²) in [5.41, 5.74) is 2.99. The summed E-state index contributed by atoms with van der Waals surface area (Å²) in [7, 11) is 2.98. The predicted octanol–water partition coefficient (Wildman–Crippen LogP) is 0.764. The molecule has 7 heteroatoms. The molecule has 20 heavy (non-hydrogen) atoms. The van der Waals surface area contributed by atoms with E-state index in [1.165, 1.54) is 14.2 Å². The quantitative estimate of drug-likeness (QED) is 0.485. The average molecular weight is 274 g/mol. The molecule has 0 unspecified atom stereocenters. The highest BCUT2D eigenvalue weighted by Gasteiger charge is 2.15. The van der Waals surface area contributed by atoms with E-state index in [0.29, 0.717) is 28.7 Å². The fraction of sp³-hybridized carbons (Fsp3) is 0.154. The monoisotopic (exact) mass is 274 g/mol. The van der Waals surface area contributed by atoms with Crippen molar-refractivity contribution in [3.8, 4) is 23.1 Å². The van der Waals surface area contributed by atoms with E-state index in [1.807, 2.05) is 0 Å². The minimum Gasteiger partial charge on any atom is -0.481 e. The van der Waals surface area contributed by atoms with Gasteiger partial charge in [0.2, 0.25) is 11.8 Å². The van der Waals surface area contributed by atoms with Gasteiger partial charge in [-0.3, -0.25) is 10.2 Å². The molecule has 0 aliphatic rings. The molecule has 0 saturated heterocycles. The van der Waals surface area contributed by atoms with Crippen LogP contribution in [0, 0.1) is 0 Å². The number of carbonyl (C=O) groups excluding carboxylic acids is 1. The molecule has 1 aromatic heterocycles. The molecule has 3 N–H and O–H groups in total. The third kappa shape index (κ3) is 2.67. The Labute approximate surface area is 115 Å². The van der Waals surface area contributed by atoms with Crippen molar-refractivity contribution in [3.05, 3.63) is 35.9 Å². The first-order valence-electron chi connectivity index (χ1n) is 5.77. The van der Waals surface area contributed by atoms with Crippen LogP contribution in [0.5, 0.6) is 11.8 Å². The van der Waals surface area contributed by atoms with Gasteiger partial charge in [-0.25, -0.2) is 5.84 Å². The van der Waals surface area contributed by atoms with E-state index >= 15 is 0 Å². The van der Waals surface area contributed by atoms with Crippen molar-refractivity contribution >= 4 is 5.91 Å². The van der Waals surface area contributed by atoms with Crippen LogP contribution in [0.1, 0.15) is 10.4 Å². The second-order valence-electron chi connectivity index (χ2n) is 3.80. The molecule has 1 aromatic carbocycles. The van der Waals surface area contributed by atoms with Gasteiger partial charge in [-0.05, 0) is 6.07 Å². The first-order valence-corrected chi connectivity index (χ1v) is 5.77. The number of nitrogens with zero attached hydrogens (tertiary/aromatic N) is 2. The lowest BCUT2D eigenvalue weighted by atomic mass is 10.1. The first kappa shape index (κ1) is 13.8. The van der Waals surface area contributed by atoms with Crippen LogP contribution in [0.3, 0.4) is 0 Å². The highest BCUT2D eigenvalue weighted by Crippen LogP contribution is 2.25. The molecule has 0 fully saturated rings. The molecule has 0 bridgehead atoms. The lowest BCUT2D eigenvalue weighted by molar-refractivity contribution is 0.0954. The summed E-state index contributed by atoms with van der Waals surface area (Å²) in [6.45, 7) is 0. The van der Waals surface area contributed by atoms with E-state index in [0.717, 1.165) is 0 Å². The van der Waals surface area contributed by atoms with Crippen molar-refractivity contribution in [3.63, 3.8) is 0 Å². The number of hydrogen-bond acceptors (Lipinski definition) is 6. The van der Waals surface area contributed by atoms with E-state index in [-0.39, 0.29) is 0 Å². The van der Waals surface area contributed by atoms with E-state index in [4.69, 9.17) is 15.3 Å². The standard InChI is InChI=1S/C13H14N4O3/c1-19-10-7-11(20-2)16-12(15-10)8-5-3-4-6-9(8)13(18)17-14/h3-7H,14H2,1-2H3,(H,17,18). The zero-order valence-corrected chi connectivity index (χ0v) is 11.1. The van der Waals surface area contributed by atoms with Gasteiger partial charge in [0.25, 0.3) is 5.91 Å². The minimum absolute atomic E-state index is 0.320. The van der Waals surface area contributed by atoms with E-state index < -0.39 is 5.91 Å². The highest BCUT2D eigenvalue weighted by atomic mass is 16.5. The largest absolute Gasteiger partial charge is 0.481 e. The minimum atomic E-state index is -0.425. The Balaban J connectivity index is 2.59. The van der Waals surface area contributed by atoms with Gasteiger partial charge in [-0.2, -0.15) is 9.97 Å². The molecule has 1 heterocycles. The van der Waals surface area contributed by atoms with Crippen LogP contribution in [0.25, 0.3) is 11.4 Å². The smallest absolute Gasteiger partial charge is 0.265 e. The zero-order valence-electron chi connectivity index (χ0n) is 11.1. The van der Waals surface area contributed by atoms with Gasteiger partial charge in [-0.15, -0.1) is 0 Å². The fourth-order valence-electron chi connectivity index (χ4n) is 1.69. The zero-order chi connectivity index (χ0) is 14.5. The average Bonchev–Trinajstić information content (AvgIpc) is 2.53. The fourth-order valence-corrected chi connectivity index (χ4v) is 1.69. The molecule has 0 saturated carbocycles. The second-order valence-corrected chi connectivity index (χ2v) is 3.80. The Morgan fingerprint density at radius 3 is 2.30 bits per heavy atom. The van der Waals surface area contributed by atoms with E-state index in [1.54, 1.807) is 30.3 Å². The number of rotatable bonds is 4. The third-order valence-corrected chi connectivity index (χ3v) is 2.64. The summed E-state index contributed by atoms with van der Waals surface area (Å²) in [5, 5.41) is 0. The maximum Gasteiger partial charge on any atom is 0.265 e. The molecule has 0 aliphatic heterocycles. The molecule has 0 atom stereocenters. The lowest BCUT2D eigenvalue weighted by Crippen LogP contribution is -2.30. The number of ether oxygens (including phenoxy) is 2. The summed E-state index contributed by atoms with van der Waals surface area (Å²) < 4.78 is 10.2. The Hall–Kier alpha value is -2.67. The number of hydrogen-bond donors (Lipinski definition) is 2. The first-order chi connectivity index (χ1) is 9.69. The number of nitrogen functional groups attached to an aromatic ring is 1. The van der Waals surface area contributed by atoms with Crippen LogP contribution < -0.4 is 20.7 Å². The Morgan fingerprint density at radius 1 is 1.15 bits per heavy atom. The topological polar surface area (TPSA) is 99.4 Å². The molecule has 0 aliphatic carbocycles. The van der Waals surface area contributed by atoms with Gasteiger partial charge in [0, 0.05) is 5.56 Å². The van der Waals surface area contributed by atoms with Crippen molar-refractivity contribution in [2.45, 2.75) is 0 Å². The van der Waals surface area contributed by atoms with Crippen LogP contribution in [0.4, 0.5) is 0 Å². The number of aromatic nitrogens is 2. The lowest BCUT2D eigenvalue weighted by Gasteiger charge is -2.09. The van der Waals surface area contributed by atoms with Gasteiger partial charge in [0.1, 0.15) is 0 Å². The van der Waals surface area contributed by atoms with E-state index in [2.05, 4.69) is 15.4 Å². The summed E-state index contributed by atoms with van der Waals surface area (Å²) in [6.07, 6.45) is 0. The molecule has 0 spiro atoms. The van der Waals surface area contributed by atoms with Gasteiger partial charge < -0.3 is 9.47 Å². The summed E-state index contributed by atoms with van der Waals surface area (Å²) in [4.78, 5) is 20.2. The Morgan fingerprint density at radius 2 is 1.75 bits per heavy atom. The number of nitrogens with one attached hydrogen (secondary N) is 1. The van der Waals surface area contributed by atoms with Crippen molar-refractivity contribution in [1.29, 1.82) is 0 Å². The summed E-state index contributed by atoms with van der Waals surface area (Å²) in [6, 6.07) is 8.41. The molecule has 0 radical (unpaired) electrons. The number of carbonyl (C=O) groups is 1. The van der Waals surface area contributed by atoms with Crippen molar-refractivity contribution in [1.82, 2.24) is 15.4 Å². The molecular weight excluding hydrogens is 260 g/mol. The van der Waals surface area contributed by atoms with Gasteiger partial charge in [-0.1, -0.05) is 18.2 Å². The molecule has 7 nitrogen and oxygen atoms in total. The summed E-state index contributed by atoms with van der Waals surface area (Å²) in [5.74, 6) is 5.75. The van der Waals surface area contributed by atoms with Crippen molar-refractivity contribution in [2.75, 3.05) is 14.2 Å². The molecule has 2 rings (SSSR count). The predicted molar refractivity (Wildman–Crippen MR) is 72.2 cm³/mol. The van der Waals surface area contributed by atoms with Crippen LogP contribution in [0.2, 0.25) is 0 Å². The van der Waals surface area contributed by atoms with Crippen LogP contribution >= 0.6 is 0 Å². The van der Waals surface area contributed by atoms with Crippen molar-refractivity contribution < 1.29 is 14.3 Å². The van der Waals surface area contributed by atoms with Gasteiger partial charge in [0.15, 0.2) is 5.82 Å². The normalized spacial score (nSPS) is 9.95. The number of benzene rings is 1. The second kappa shape index (κ2) is 5.98. The molecular formula is C13H14N4O3. The molecule has 1 amide bonds. The number of methoxy groups -OCH3 is 2. The third-order valence-electron chi connectivity index (χ3n) is 2.64. The Kier molecular flexibility index (Phi) is 4.11. The number of amides is 1. The van der Waals surface area contributed by atoms with Gasteiger partial charge >= 0.3 is 0 Å². The maximum atomic E-state index is 11.8. The van der Waals surface area contributed by atoms with Crippen LogP contribution in [0.15, 0.2) is 30.3 Å². The van der Waals surface area contributed by atoms with Crippen LogP contribution in [-0.4, -0.2) is 30.1 Å². The van der Waals surface area contributed by atoms with Crippen molar-refractivity contribution in [2.24, 2.45) is 5.84 Å². The van der Waals surface area contributed by atoms with Gasteiger partial charge in [0.05, 0.1) is 25.8 Å². The molecule has 2 aromatic rings. The Bertz CT molecular complexity index is 609. The maximum absolute atomic E-state index is 11.8. The number of hydrazine groups is 1. The SMILES string of the molecule is COc1cc(OC)nc(-c2ccccc2C(=O)NN)n1.